The van der Waals surface area contributed by atoms with Crippen LogP contribution in [0.25, 0.3) is 0 Å². The lowest BCUT2D eigenvalue weighted by molar-refractivity contribution is 0.350. The van der Waals surface area contributed by atoms with Crippen LogP contribution in [0, 0.1) is 5.41 Å². The molecule has 0 aliphatic rings. The van der Waals surface area contributed by atoms with Gasteiger partial charge in [0.15, 0.2) is 0 Å². The van der Waals surface area contributed by atoms with Crippen LogP contribution in [0.1, 0.15) is 48.9 Å². The minimum absolute atomic E-state index is 0.214. The van der Waals surface area contributed by atoms with Crippen molar-refractivity contribution in [2.45, 2.75) is 51.3 Å². The van der Waals surface area contributed by atoms with Gasteiger partial charge in [0.25, 0.3) is 0 Å². The largest absolute Gasteiger partial charge is 0.496 e. The van der Waals surface area contributed by atoms with Gasteiger partial charge in [0.1, 0.15) is 23.0 Å². The van der Waals surface area contributed by atoms with E-state index in [2.05, 4.69) is 111 Å². The van der Waals surface area contributed by atoms with Gasteiger partial charge in [0, 0.05) is 0 Å². The molecule has 0 saturated heterocycles. The molecule has 0 heterocycles. The Balaban J connectivity index is 1.70. The van der Waals surface area contributed by atoms with Gasteiger partial charge in [-0.2, -0.15) is 0 Å². The molecule has 4 aromatic rings. The lowest BCUT2D eigenvalue weighted by Gasteiger charge is -2.39. The van der Waals surface area contributed by atoms with E-state index in [0.717, 1.165) is 60.5 Å². The molecule has 4 rings (SSSR count). The molecule has 0 N–H and O–H groups in total. The average Bonchev–Trinajstić information content (AvgIpc) is 3.08. The molecule has 0 aromatic heterocycles. The first kappa shape index (κ1) is 34.8. The van der Waals surface area contributed by atoms with Gasteiger partial charge < -0.3 is 18.9 Å². The van der Waals surface area contributed by atoms with Crippen LogP contribution >= 0.6 is 15.8 Å². The Labute approximate surface area is 274 Å². The topological polar surface area (TPSA) is 36.9 Å². The average molecular weight is 645 g/mol. The second kappa shape index (κ2) is 17.6. The predicted molar refractivity (Wildman–Crippen MR) is 193 cm³/mol. The third-order valence-electron chi connectivity index (χ3n) is 8.96. The molecule has 0 aliphatic heterocycles. The molecule has 0 radical (unpaired) electrons. The molecule has 0 amide bonds. The molecule has 0 spiro atoms. The summed E-state index contributed by atoms with van der Waals surface area (Å²) in [6.07, 6.45) is 8.79. The lowest BCUT2D eigenvalue weighted by atomic mass is 9.87. The maximum absolute atomic E-state index is 5.83. The maximum Gasteiger partial charge on any atom is 0.122 e. The summed E-state index contributed by atoms with van der Waals surface area (Å²) in [4.78, 5) is 0. The summed E-state index contributed by atoms with van der Waals surface area (Å²) >= 11 is 0. The fraction of sp³-hybridized carbons (Fsp3) is 0.385. The number of benzene rings is 4. The van der Waals surface area contributed by atoms with Gasteiger partial charge in [-0.3, -0.25) is 0 Å². The second-order valence-electron chi connectivity index (χ2n) is 11.7. The van der Waals surface area contributed by atoms with Crippen LogP contribution in [0.4, 0.5) is 0 Å². The van der Waals surface area contributed by atoms with Gasteiger partial charge in [-0.05, 0) is 102 Å². The minimum Gasteiger partial charge on any atom is -0.496 e. The zero-order valence-electron chi connectivity index (χ0n) is 27.9. The molecule has 0 aliphatic carbocycles. The zero-order chi connectivity index (χ0) is 32.1. The van der Waals surface area contributed by atoms with Crippen LogP contribution < -0.4 is 18.9 Å². The van der Waals surface area contributed by atoms with Crippen LogP contribution in [-0.4, -0.2) is 40.8 Å². The number of hydrogen-bond acceptors (Lipinski definition) is 4. The summed E-state index contributed by atoms with van der Waals surface area (Å²) in [5, 5.41) is 0. The molecular formula is C39H50O4P2. The smallest absolute Gasteiger partial charge is 0.122 e. The Bertz CT molecular complexity index is 1260. The molecule has 240 valence electrons. The summed E-state index contributed by atoms with van der Waals surface area (Å²) in [5.41, 5.74) is 5.41. The Kier molecular flexibility index (Phi) is 13.6. The molecule has 0 fully saturated rings. The van der Waals surface area contributed by atoms with E-state index in [1.807, 2.05) is 0 Å². The van der Waals surface area contributed by atoms with Gasteiger partial charge in [-0.1, -0.05) is 102 Å². The maximum atomic E-state index is 5.83. The van der Waals surface area contributed by atoms with Crippen molar-refractivity contribution in [3.8, 4) is 23.0 Å². The summed E-state index contributed by atoms with van der Waals surface area (Å²) in [7, 11) is 6.29. The molecule has 0 unspecified atom stereocenters. The van der Waals surface area contributed by atoms with Gasteiger partial charge in [-0.15, -0.1) is 0 Å². The Morgan fingerprint density at radius 2 is 0.667 bits per heavy atom. The highest BCUT2D eigenvalue weighted by atomic mass is 31.1. The van der Waals surface area contributed by atoms with Crippen molar-refractivity contribution in [2.75, 3.05) is 40.8 Å². The van der Waals surface area contributed by atoms with Crippen LogP contribution in [0.5, 0.6) is 23.0 Å². The lowest BCUT2D eigenvalue weighted by Crippen LogP contribution is -2.28. The van der Waals surface area contributed by atoms with E-state index < -0.39 is 15.8 Å². The summed E-state index contributed by atoms with van der Waals surface area (Å²) in [5.74, 6) is 3.94. The van der Waals surface area contributed by atoms with Gasteiger partial charge in [0.05, 0.1) is 28.4 Å². The molecular weight excluding hydrogens is 594 g/mol. The number of para-hydroxylation sites is 4. The molecule has 0 atom stereocenters. The third kappa shape index (κ3) is 9.48. The zero-order valence-corrected chi connectivity index (χ0v) is 29.7. The molecule has 0 bridgehead atoms. The second-order valence-corrected chi connectivity index (χ2v) is 16.3. The van der Waals surface area contributed by atoms with Crippen LogP contribution in [0.3, 0.4) is 0 Å². The first-order valence-corrected chi connectivity index (χ1v) is 19.7. The standard InChI is InChI=1S/C39H50O4P2/c1-7-39(8-2,29-44(25-31-17-9-13-21-35(31)40-3)26-32-18-10-14-22-36(32)41-4)30-45(27-33-19-11-15-23-37(33)42-5)28-34-20-12-16-24-38(34)43-6/h9-24H,7-8,25-30H2,1-6H3. The summed E-state index contributed by atoms with van der Waals surface area (Å²) in [6, 6.07) is 34.2. The van der Waals surface area contributed by atoms with Crippen molar-refractivity contribution in [1.29, 1.82) is 0 Å². The Morgan fingerprint density at radius 3 is 0.889 bits per heavy atom. The highest BCUT2D eigenvalue weighted by molar-refractivity contribution is 7.57. The SMILES string of the molecule is CCC(CC)(CP(Cc1ccccc1OC)Cc1ccccc1OC)CP(Cc1ccccc1OC)Cc1ccccc1OC. The van der Waals surface area contributed by atoms with E-state index in [-0.39, 0.29) is 5.41 Å². The van der Waals surface area contributed by atoms with E-state index in [9.17, 15) is 0 Å². The quantitative estimate of drug-likeness (QED) is 0.101. The number of ether oxygens (including phenoxy) is 4. The molecule has 45 heavy (non-hydrogen) atoms. The van der Waals surface area contributed by atoms with E-state index in [4.69, 9.17) is 18.9 Å². The van der Waals surface area contributed by atoms with Crippen molar-refractivity contribution >= 4 is 15.8 Å². The van der Waals surface area contributed by atoms with Crippen molar-refractivity contribution in [3.05, 3.63) is 119 Å². The van der Waals surface area contributed by atoms with Crippen LogP contribution in [-0.2, 0) is 24.6 Å². The monoisotopic (exact) mass is 644 g/mol. The van der Waals surface area contributed by atoms with E-state index >= 15 is 0 Å². The Morgan fingerprint density at radius 1 is 0.422 bits per heavy atom. The molecule has 6 heteroatoms. The van der Waals surface area contributed by atoms with Gasteiger partial charge in [-0.25, -0.2) is 0 Å². The first-order chi connectivity index (χ1) is 22.0. The van der Waals surface area contributed by atoms with Crippen molar-refractivity contribution in [1.82, 2.24) is 0 Å². The Hall–Kier alpha value is -3.06. The van der Waals surface area contributed by atoms with Crippen LogP contribution in [0.15, 0.2) is 97.1 Å². The van der Waals surface area contributed by atoms with Crippen molar-refractivity contribution < 1.29 is 18.9 Å². The van der Waals surface area contributed by atoms with E-state index in [1.165, 1.54) is 34.6 Å². The summed E-state index contributed by atoms with van der Waals surface area (Å²) in [6.45, 7) is 4.81. The normalized spacial score (nSPS) is 11.6. The number of hydrogen-bond donors (Lipinski definition) is 0. The van der Waals surface area contributed by atoms with E-state index in [0.29, 0.717) is 0 Å². The van der Waals surface area contributed by atoms with Crippen LogP contribution in [0.2, 0.25) is 0 Å². The van der Waals surface area contributed by atoms with Crippen molar-refractivity contribution in [3.63, 3.8) is 0 Å². The van der Waals surface area contributed by atoms with Gasteiger partial charge >= 0.3 is 0 Å². The summed E-state index contributed by atoms with van der Waals surface area (Å²) < 4.78 is 23.3. The molecule has 4 aromatic carbocycles. The molecule has 0 saturated carbocycles. The predicted octanol–water partition coefficient (Wildman–Crippen LogP) is 10.6. The van der Waals surface area contributed by atoms with Crippen molar-refractivity contribution in [2.24, 2.45) is 5.41 Å². The number of rotatable bonds is 18. The molecule has 4 nitrogen and oxygen atoms in total. The fourth-order valence-electron chi connectivity index (χ4n) is 6.33. The van der Waals surface area contributed by atoms with E-state index in [1.54, 1.807) is 28.4 Å². The first-order valence-electron chi connectivity index (χ1n) is 15.9. The highest BCUT2D eigenvalue weighted by Crippen LogP contribution is 2.58. The highest BCUT2D eigenvalue weighted by Gasteiger charge is 2.34. The third-order valence-corrected chi connectivity index (χ3v) is 14.4. The fourth-order valence-corrected chi connectivity index (χ4v) is 13.2. The minimum atomic E-state index is -0.423. The number of methoxy groups -OCH3 is 4. The van der Waals surface area contributed by atoms with Gasteiger partial charge in [0.2, 0.25) is 0 Å².